The van der Waals surface area contributed by atoms with E-state index in [-0.39, 0.29) is 50.5 Å². The Hall–Kier alpha value is -5.32. The summed E-state index contributed by atoms with van der Waals surface area (Å²) in [7, 11) is 0. The first-order valence-corrected chi connectivity index (χ1v) is 20.1. The van der Waals surface area contributed by atoms with Crippen molar-refractivity contribution in [3.8, 4) is 0 Å². The molecule has 0 saturated carbocycles. The van der Waals surface area contributed by atoms with Crippen LogP contribution in [0.5, 0.6) is 0 Å². The van der Waals surface area contributed by atoms with Crippen LogP contribution >= 0.6 is 46.4 Å². The van der Waals surface area contributed by atoms with Crippen LogP contribution in [-0.4, -0.2) is 23.1 Å². The van der Waals surface area contributed by atoms with Crippen molar-refractivity contribution < 1.29 is 46.5 Å². The Morgan fingerprint density at radius 3 is 1.10 bits per heavy atom. The van der Waals surface area contributed by atoms with E-state index in [0.717, 1.165) is 11.1 Å². The second-order valence-electron chi connectivity index (χ2n) is 13.8. The SMILES string of the molecule is O=C1C(=O)c2ccccc2C([O-])=C1C(NCc1ccccc1)c1ccc(Cl)cc1Cl.O=C1C(=O)c2ccccc2C([O-])=C1C(NCc1ccccc1)c1ccc(Cl)cc1Cl.[Cu+2]. The summed E-state index contributed by atoms with van der Waals surface area (Å²) < 4.78 is 0. The van der Waals surface area contributed by atoms with Crippen LogP contribution in [0.3, 0.4) is 0 Å². The Balaban J connectivity index is 0.000000201. The number of Topliss-reactive ketones (excluding diaryl/α,β-unsaturated/α-hetero) is 4. The van der Waals surface area contributed by atoms with Crippen molar-refractivity contribution in [2.75, 3.05) is 0 Å². The zero-order chi connectivity index (χ0) is 42.5. The van der Waals surface area contributed by atoms with Crippen molar-refractivity contribution in [2.45, 2.75) is 25.2 Å². The Bertz CT molecular complexity index is 2540. The summed E-state index contributed by atoms with van der Waals surface area (Å²) in [6.07, 6.45) is 0. The van der Waals surface area contributed by atoms with Gasteiger partial charge in [-0.3, -0.25) is 19.2 Å². The molecule has 0 bridgehead atoms. The molecule has 0 heterocycles. The molecule has 2 unspecified atom stereocenters. The standard InChI is InChI=1S/2C24H17Cl2NO3.Cu/c2*25-15-10-11-18(19(26)12-15)21(27-13-14-6-2-1-3-7-14)20-22(28)16-8-4-5-9-17(16)23(29)24(20)30;/h2*1-12,21,27-28H,13H2;/q;;+2/p-2. The molecule has 0 fully saturated rings. The molecule has 8 nitrogen and oxygen atoms in total. The third kappa shape index (κ3) is 9.76. The van der Waals surface area contributed by atoms with Gasteiger partial charge in [0.25, 0.3) is 0 Å². The first-order chi connectivity index (χ1) is 28.9. The summed E-state index contributed by atoms with van der Waals surface area (Å²) in [5.41, 5.74) is 3.31. The van der Waals surface area contributed by atoms with Gasteiger partial charge in [0.15, 0.2) is 0 Å². The molecule has 6 aromatic carbocycles. The Labute approximate surface area is 382 Å². The minimum absolute atomic E-state index is 0. The average Bonchev–Trinajstić information content (AvgIpc) is 3.26. The van der Waals surface area contributed by atoms with Gasteiger partial charge in [-0.15, -0.1) is 0 Å². The van der Waals surface area contributed by atoms with E-state index in [2.05, 4.69) is 10.6 Å². The number of halogens is 4. The first-order valence-electron chi connectivity index (χ1n) is 18.6. The van der Waals surface area contributed by atoms with Gasteiger partial charge in [0, 0.05) is 55.5 Å². The molecule has 0 saturated heterocycles. The van der Waals surface area contributed by atoms with E-state index in [4.69, 9.17) is 46.4 Å². The first kappa shape index (κ1) is 45.2. The Morgan fingerprint density at radius 1 is 0.426 bits per heavy atom. The number of nitrogens with one attached hydrogen (secondary N) is 2. The van der Waals surface area contributed by atoms with Gasteiger partial charge in [-0.25, -0.2) is 0 Å². The molecule has 2 aliphatic carbocycles. The molecule has 309 valence electrons. The van der Waals surface area contributed by atoms with E-state index in [1.807, 2.05) is 60.7 Å². The molecule has 6 aromatic rings. The maximum atomic E-state index is 13.3. The summed E-state index contributed by atoms with van der Waals surface area (Å²) in [6.45, 7) is 0.731. The van der Waals surface area contributed by atoms with Crippen molar-refractivity contribution in [1.29, 1.82) is 0 Å². The molecule has 2 aliphatic rings. The quantitative estimate of drug-likeness (QED) is 0.103. The number of benzene rings is 6. The molecule has 0 aromatic heterocycles. The molecule has 0 spiro atoms. The number of ketones is 4. The minimum Gasteiger partial charge on any atom is -0.872 e. The van der Waals surface area contributed by atoms with E-state index in [0.29, 0.717) is 44.3 Å². The third-order valence-corrected chi connectivity index (χ3v) is 11.2. The van der Waals surface area contributed by atoms with Crippen LogP contribution in [0, 0.1) is 0 Å². The summed E-state index contributed by atoms with van der Waals surface area (Å²) >= 11 is 24.9. The molecule has 2 atom stereocenters. The van der Waals surface area contributed by atoms with Crippen molar-refractivity contribution >= 4 is 81.1 Å². The monoisotopic (exact) mass is 935 g/mol. The van der Waals surface area contributed by atoms with Crippen LogP contribution in [0.25, 0.3) is 11.5 Å². The van der Waals surface area contributed by atoms with Gasteiger partial charge in [0.2, 0.25) is 23.1 Å². The van der Waals surface area contributed by atoms with E-state index in [1.165, 1.54) is 12.1 Å². The molecular weight excluding hydrogens is 906 g/mol. The van der Waals surface area contributed by atoms with E-state index >= 15 is 0 Å². The fraction of sp³-hybridized carbons (Fsp3) is 0.0833. The number of carbonyl (C=O) groups excluding carboxylic acids is 4. The van der Waals surface area contributed by atoms with Gasteiger partial charge in [-0.1, -0.05) is 179 Å². The zero-order valence-electron chi connectivity index (χ0n) is 31.7. The van der Waals surface area contributed by atoms with Gasteiger partial charge in [0.1, 0.15) is 0 Å². The van der Waals surface area contributed by atoms with Crippen LogP contribution in [0.1, 0.15) is 66.2 Å². The molecule has 1 radical (unpaired) electrons. The minimum atomic E-state index is -0.868. The summed E-state index contributed by atoms with van der Waals surface area (Å²) in [4.78, 5) is 51.4. The normalized spacial score (nSPS) is 14.4. The summed E-state index contributed by atoms with van der Waals surface area (Å²) in [6, 6.07) is 39.7. The van der Waals surface area contributed by atoms with Crippen molar-refractivity contribution in [1.82, 2.24) is 10.6 Å². The average molecular weight is 938 g/mol. The van der Waals surface area contributed by atoms with E-state index in [9.17, 15) is 29.4 Å². The molecule has 0 aliphatic heterocycles. The van der Waals surface area contributed by atoms with Crippen LogP contribution in [0.15, 0.2) is 157 Å². The van der Waals surface area contributed by atoms with Crippen molar-refractivity contribution in [3.63, 3.8) is 0 Å². The fourth-order valence-electron chi connectivity index (χ4n) is 7.11. The number of rotatable bonds is 10. The smallest absolute Gasteiger partial charge is 0.872 e. The molecule has 0 amide bonds. The topological polar surface area (TPSA) is 138 Å². The maximum absolute atomic E-state index is 13.3. The van der Waals surface area contributed by atoms with E-state index in [1.54, 1.807) is 72.8 Å². The Morgan fingerprint density at radius 2 is 0.754 bits per heavy atom. The van der Waals surface area contributed by atoms with Crippen LogP contribution in [-0.2, 0) is 39.7 Å². The number of hydrogen-bond acceptors (Lipinski definition) is 8. The second-order valence-corrected chi connectivity index (χ2v) is 15.5. The van der Waals surface area contributed by atoms with Crippen LogP contribution in [0.2, 0.25) is 20.1 Å². The number of hydrogen-bond donors (Lipinski definition) is 2. The van der Waals surface area contributed by atoms with Crippen LogP contribution < -0.4 is 20.8 Å². The molecule has 61 heavy (non-hydrogen) atoms. The summed E-state index contributed by atoms with van der Waals surface area (Å²) in [5, 5.41) is 34.4. The van der Waals surface area contributed by atoms with Crippen LogP contribution in [0.4, 0.5) is 0 Å². The fourth-order valence-corrected chi connectivity index (χ4v) is 8.14. The van der Waals surface area contributed by atoms with E-state index < -0.39 is 46.7 Å². The zero-order valence-corrected chi connectivity index (χ0v) is 35.7. The maximum Gasteiger partial charge on any atom is 2.00 e. The van der Waals surface area contributed by atoms with Gasteiger partial charge in [0.05, 0.1) is 12.1 Å². The van der Waals surface area contributed by atoms with Gasteiger partial charge < -0.3 is 20.8 Å². The molecule has 8 rings (SSSR count). The second kappa shape index (κ2) is 20.0. The van der Waals surface area contributed by atoms with Gasteiger partial charge in [-0.2, -0.15) is 0 Å². The third-order valence-electron chi connectivity index (χ3n) is 10.1. The van der Waals surface area contributed by atoms with Crippen molar-refractivity contribution in [2.24, 2.45) is 0 Å². The van der Waals surface area contributed by atoms with Gasteiger partial charge >= 0.3 is 17.1 Å². The van der Waals surface area contributed by atoms with Crippen molar-refractivity contribution in [3.05, 3.63) is 221 Å². The predicted molar refractivity (Wildman–Crippen MR) is 230 cm³/mol. The largest absolute Gasteiger partial charge is 2.00 e. The molecule has 13 heteroatoms. The number of carbonyl (C=O) groups is 4. The molecular formula is C48H32Cl4CuN2O6. The predicted octanol–water partition coefficient (Wildman–Crippen LogP) is 8.72. The number of fused-ring (bicyclic) bond motifs is 2. The van der Waals surface area contributed by atoms with Gasteiger partial charge in [-0.05, 0) is 57.6 Å². The Kier molecular flexibility index (Phi) is 14.8. The summed E-state index contributed by atoms with van der Waals surface area (Å²) in [5.74, 6) is -4.00. The molecule has 2 N–H and O–H groups in total.